The lowest BCUT2D eigenvalue weighted by atomic mass is 9.89. The molecule has 154 valence electrons. The molecule has 2 atom stereocenters. The third-order valence-electron chi connectivity index (χ3n) is 6.69. The van der Waals surface area contributed by atoms with Gasteiger partial charge < -0.3 is 15.1 Å². The van der Waals surface area contributed by atoms with Crippen LogP contribution in [0.5, 0.6) is 0 Å². The van der Waals surface area contributed by atoms with Crippen molar-refractivity contribution in [2.75, 3.05) is 57.3 Å². The van der Waals surface area contributed by atoms with Gasteiger partial charge in [-0.1, -0.05) is 0 Å². The smallest absolute Gasteiger partial charge is 0.123 e. The number of piperidine rings is 1. The number of hydrogen-bond acceptors (Lipinski definition) is 4. The molecule has 0 radical (unpaired) electrons. The van der Waals surface area contributed by atoms with E-state index in [4.69, 9.17) is 0 Å². The molecular weight excluding hydrogens is 370 g/mol. The van der Waals surface area contributed by atoms with Crippen molar-refractivity contribution in [3.8, 4) is 0 Å². The van der Waals surface area contributed by atoms with Gasteiger partial charge in [-0.2, -0.15) is 0 Å². The van der Waals surface area contributed by atoms with E-state index in [1.165, 1.54) is 18.2 Å². The second-order valence-electron chi connectivity index (χ2n) is 8.40. The minimum absolute atomic E-state index is 0.179. The second-order valence-corrected chi connectivity index (χ2v) is 8.40. The lowest BCUT2D eigenvalue weighted by molar-refractivity contribution is 0.155. The highest BCUT2D eigenvalue weighted by atomic mass is 19.1. The predicted octanol–water partition coefficient (Wildman–Crippen LogP) is 3.18. The SMILES string of the molecule is Fc1ccc(N2c3ccc(F)cc3C3CN(CCN4CCNCC4)CCC32)cc1. The molecule has 3 aliphatic heterocycles. The zero-order valence-corrected chi connectivity index (χ0v) is 16.7. The Labute approximate surface area is 171 Å². The molecule has 2 unspecified atom stereocenters. The van der Waals surface area contributed by atoms with Gasteiger partial charge in [0.15, 0.2) is 0 Å². The molecule has 2 aromatic rings. The average Bonchev–Trinajstić information content (AvgIpc) is 3.06. The molecule has 1 N–H and O–H groups in total. The zero-order valence-electron chi connectivity index (χ0n) is 16.7. The van der Waals surface area contributed by atoms with Crippen LogP contribution in [0.2, 0.25) is 0 Å². The first-order valence-corrected chi connectivity index (χ1v) is 10.7. The molecule has 3 heterocycles. The van der Waals surface area contributed by atoms with Crippen LogP contribution >= 0.6 is 0 Å². The maximum Gasteiger partial charge on any atom is 0.123 e. The van der Waals surface area contributed by atoms with Crippen LogP contribution in [0.15, 0.2) is 42.5 Å². The summed E-state index contributed by atoms with van der Waals surface area (Å²) in [7, 11) is 0. The van der Waals surface area contributed by atoms with E-state index in [0.717, 1.165) is 75.7 Å². The summed E-state index contributed by atoms with van der Waals surface area (Å²) in [4.78, 5) is 7.36. The van der Waals surface area contributed by atoms with Gasteiger partial charge in [-0.25, -0.2) is 8.78 Å². The molecular formula is C23H28F2N4. The van der Waals surface area contributed by atoms with Crippen molar-refractivity contribution >= 4 is 11.4 Å². The van der Waals surface area contributed by atoms with Gasteiger partial charge in [-0.05, 0) is 54.4 Å². The van der Waals surface area contributed by atoms with E-state index in [1.807, 2.05) is 18.2 Å². The Morgan fingerprint density at radius 1 is 0.862 bits per heavy atom. The molecule has 2 saturated heterocycles. The lowest BCUT2D eigenvalue weighted by Gasteiger charge is -2.40. The number of piperazine rings is 1. The maximum absolute atomic E-state index is 14.1. The van der Waals surface area contributed by atoms with Crippen molar-refractivity contribution in [1.29, 1.82) is 0 Å². The Morgan fingerprint density at radius 2 is 1.59 bits per heavy atom. The van der Waals surface area contributed by atoms with Crippen LogP contribution in [0.3, 0.4) is 0 Å². The van der Waals surface area contributed by atoms with E-state index in [-0.39, 0.29) is 17.6 Å². The molecule has 2 fully saturated rings. The summed E-state index contributed by atoms with van der Waals surface area (Å²) in [6.07, 6.45) is 1.03. The summed E-state index contributed by atoms with van der Waals surface area (Å²) in [5.41, 5.74) is 3.14. The van der Waals surface area contributed by atoms with Crippen molar-refractivity contribution in [1.82, 2.24) is 15.1 Å². The highest BCUT2D eigenvalue weighted by Crippen LogP contribution is 2.48. The number of benzene rings is 2. The summed E-state index contributed by atoms with van der Waals surface area (Å²) in [6, 6.07) is 12.1. The Morgan fingerprint density at radius 3 is 2.38 bits per heavy atom. The molecule has 2 aromatic carbocycles. The van der Waals surface area contributed by atoms with Crippen LogP contribution in [-0.4, -0.2) is 68.2 Å². The number of halogens is 2. The largest absolute Gasteiger partial charge is 0.337 e. The molecule has 0 amide bonds. The van der Waals surface area contributed by atoms with E-state index >= 15 is 0 Å². The molecule has 5 rings (SSSR count). The first-order chi connectivity index (χ1) is 14.2. The Bertz CT molecular complexity index is 850. The van der Waals surface area contributed by atoms with Gasteiger partial charge in [0, 0.05) is 75.7 Å². The van der Waals surface area contributed by atoms with Crippen molar-refractivity contribution in [2.45, 2.75) is 18.4 Å². The van der Waals surface area contributed by atoms with Crippen molar-refractivity contribution in [3.05, 3.63) is 59.7 Å². The molecule has 0 aromatic heterocycles. The normalized spacial score (nSPS) is 25.1. The maximum atomic E-state index is 14.1. The van der Waals surface area contributed by atoms with Crippen molar-refractivity contribution in [2.24, 2.45) is 0 Å². The van der Waals surface area contributed by atoms with E-state index in [2.05, 4.69) is 20.0 Å². The molecule has 3 aliphatic rings. The molecule has 0 bridgehead atoms. The Balaban J connectivity index is 1.36. The third kappa shape index (κ3) is 3.77. The minimum atomic E-state index is -0.230. The monoisotopic (exact) mass is 398 g/mol. The van der Waals surface area contributed by atoms with Crippen LogP contribution in [-0.2, 0) is 0 Å². The number of hydrogen-bond donors (Lipinski definition) is 1. The third-order valence-corrected chi connectivity index (χ3v) is 6.69. The number of likely N-dealkylation sites (tertiary alicyclic amines) is 1. The van der Waals surface area contributed by atoms with E-state index in [0.29, 0.717) is 6.04 Å². The fourth-order valence-corrected chi connectivity index (χ4v) is 5.20. The van der Waals surface area contributed by atoms with Gasteiger partial charge in [0.05, 0.1) is 0 Å². The fourth-order valence-electron chi connectivity index (χ4n) is 5.20. The summed E-state index contributed by atoms with van der Waals surface area (Å²) in [5, 5.41) is 3.40. The van der Waals surface area contributed by atoms with Crippen LogP contribution in [0.1, 0.15) is 17.9 Å². The quantitative estimate of drug-likeness (QED) is 0.854. The topological polar surface area (TPSA) is 21.8 Å². The van der Waals surface area contributed by atoms with Crippen molar-refractivity contribution in [3.63, 3.8) is 0 Å². The first-order valence-electron chi connectivity index (χ1n) is 10.7. The van der Waals surface area contributed by atoms with E-state index < -0.39 is 0 Å². The summed E-state index contributed by atoms with van der Waals surface area (Å²) >= 11 is 0. The number of nitrogens with zero attached hydrogens (tertiary/aromatic N) is 3. The van der Waals surface area contributed by atoms with Crippen molar-refractivity contribution < 1.29 is 8.78 Å². The Kier molecular flexibility index (Phi) is 5.24. The fraction of sp³-hybridized carbons (Fsp3) is 0.478. The number of nitrogens with one attached hydrogen (secondary N) is 1. The van der Waals surface area contributed by atoms with Crippen LogP contribution in [0, 0.1) is 11.6 Å². The highest BCUT2D eigenvalue weighted by molar-refractivity contribution is 5.73. The number of anilines is 2. The minimum Gasteiger partial charge on any atom is -0.337 e. The van der Waals surface area contributed by atoms with Crippen LogP contribution < -0.4 is 10.2 Å². The van der Waals surface area contributed by atoms with Gasteiger partial charge in [0.1, 0.15) is 11.6 Å². The van der Waals surface area contributed by atoms with Gasteiger partial charge >= 0.3 is 0 Å². The summed E-state index contributed by atoms with van der Waals surface area (Å²) in [5.74, 6) is -0.129. The summed E-state index contributed by atoms with van der Waals surface area (Å²) in [6.45, 7) is 8.53. The average molecular weight is 399 g/mol. The summed E-state index contributed by atoms with van der Waals surface area (Å²) < 4.78 is 27.6. The Hall–Kier alpha value is -2.02. The van der Waals surface area contributed by atoms with E-state index in [1.54, 1.807) is 6.07 Å². The molecule has 6 heteroatoms. The van der Waals surface area contributed by atoms with E-state index in [9.17, 15) is 8.78 Å². The van der Waals surface area contributed by atoms with Gasteiger partial charge in [-0.3, -0.25) is 4.90 Å². The number of fused-ring (bicyclic) bond motifs is 3. The number of rotatable bonds is 4. The lowest BCUT2D eigenvalue weighted by Crippen LogP contribution is -2.49. The molecule has 0 spiro atoms. The zero-order chi connectivity index (χ0) is 19.8. The molecule has 0 aliphatic carbocycles. The molecule has 0 saturated carbocycles. The highest BCUT2D eigenvalue weighted by Gasteiger charge is 2.42. The van der Waals surface area contributed by atoms with Gasteiger partial charge in [-0.15, -0.1) is 0 Å². The van der Waals surface area contributed by atoms with Gasteiger partial charge in [0.2, 0.25) is 0 Å². The van der Waals surface area contributed by atoms with Gasteiger partial charge in [0.25, 0.3) is 0 Å². The first kappa shape index (κ1) is 19.0. The van der Waals surface area contributed by atoms with Crippen LogP contribution in [0.4, 0.5) is 20.2 Å². The molecule has 4 nitrogen and oxygen atoms in total. The van der Waals surface area contributed by atoms with Crippen LogP contribution in [0.25, 0.3) is 0 Å². The molecule has 29 heavy (non-hydrogen) atoms. The standard InChI is InChI=1S/C23H28F2N4/c24-17-1-4-19(5-2-17)29-22-6-3-18(25)15-20(22)21-16-28(10-7-23(21)29)14-13-27-11-8-26-9-12-27/h1-6,15,21,23,26H,7-14,16H2. The second kappa shape index (κ2) is 8.01. The predicted molar refractivity (Wildman–Crippen MR) is 112 cm³/mol.